The summed E-state index contributed by atoms with van der Waals surface area (Å²) in [7, 11) is 1.58. The van der Waals surface area contributed by atoms with E-state index in [2.05, 4.69) is 15.4 Å². The van der Waals surface area contributed by atoms with Crippen molar-refractivity contribution in [1.29, 1.82) is 0 Å². The average molecular weight is 516 g/mol. The molecule has 5 rings (SSSR count). The van der Waals surface area contributed by atoms with E-state index in [-0.39, 0.29) is 17.7 Å². The number of likely N-dealkylation sites (tertiary alicyclic amines) is 1. The summed E-state index contributed by atoms with van der Waals surface area (Å²) in [5.41, 5.74) is 4.36. The van der Waals surface area contributed by atoms with E-state index in [0.29, 0.717) is 35.8 Å². The van der Waals surface area contributed by atoms with Gasteiger partial charge in [0.25, 0.3) is 11.8 Å². The summed E-state index contributed by atoms with van der Waals surface area (Å²) in [4.78, 5) is 32.7. The maximum atomic E-state index is 13.3. The maximum Gasteiger partial charge on any atom is 0.275 e. The Morgan fingerprint density at radius 2 is 1.81 bits per heavy atom. The molecule has 2 aromatic heterocycles. The van der Waals surface area contributed by atoms with Crippen molar-refractivity contribution in [2.75, 3.05) is 25.5 Å². The van der Waals surface area contributed by atoms with Crippen LogP contribution in [0.4, 0.5) is 5.69 Å². The molecule has 37 heavy (non-hydrogen) atoms. The van der Waals surface area contributed by atoms with Crippen LogP contribution in [0.2, 0.25) is 0 Å². The number of aryl methyl sites for hydroxylation is 1. The van der Waals surface area contributed by atoms with Crippen molar-refractivity contribution < 1.29 is 14.3 Å². The van der Waals surface area contributed by atoms with Crippen LogP contribution in [-0.4, -0.2) is 51.7 Å². The third-order valence-corrected chi connectivity index (χ3v) is 7.83. The fraction of sp³-hybridized carbons (Fsp3) is 0.286. The average Bonchev–Trinajstić information content (AvgIpc) is 3.57. The van der Waals surface area contributed by atoms with Crippen LogP contribution in [0.3, 0.4) is 0 Å². The Hall–Kier alpha value is -3.98. The number of nitrogens with one attached hydrogen (secondary N) is 1. The highest BCUT2D eigenvalue weighted by atomic mass is 32.1. The van der Waals surface area contributed by atoms with Gasteiger partial charge in [-0.05, 0) is 50.5 Å². The van der Waals surface area contributed by atoms with Crippen LogP contribution >= 0.6 is 11.3 Å². The summed E-state index contributed by atoms with van der Waals surface area (Å²) in [6.07, 6.45) is 3.27. The number of hydrogen-bond donors (Lipinski definition) is 1. The van der Waals surface area contributed by atoms with E-state index in [1.54, 1.807) is 23.4 Å². The van der Waals surface area contributed by atoms with Crippen LogP contribution in [0.15, 0.2) is 60.1 Å². The topological polar surface area (TPSA) is 89.4 Å². The zero-order chi connectivity index (χ0) is 25.9. The summed E-state index contributed by atoms with van der Waals surface area (Å²) >= 11 is 1.50. The Kier molecular flexibility index (Phi) is 7.05. The Labute approximate surface area is 219 Å². The molecule has 1 aliphatic heterocycles. The van der Waals surface area contributed by atoms with Crippen LogP contribution in [0, 0.1) is 13.8 Å². The molecule has 0 saturated carbocycles. The Bertz CT molecular complexity index is 1420. The lowest BCUT2D eigenvalue weighted by molar-refractivity contribution is 0.0712. The minimum atomic E-state index is -0.256. The van der Waals surface area contributed by atoms with E-state index in [0.717, 1.165) is 34.8 Å². The number of rotatable bonds is 6. The summed E-state index contributed by atoms with van der Waals surface area (Å²) in [5.74, 6) is 0.584. The highest BCUT2D eigenvalue weighted by Gasteiger charge is 2.29. The first-order valence-corrected chi connectivity index (χ1v) is 13.1. The summed E-state index contributed by atoms with van der Waals surface area (Å²) in [5, 5.41) is 10.1. The smallest absolute Gasteiger partial charge is 0.275 e. The van der Waals surface area contributed by atoms with Gasteiger partial charge in [0, 0.05) is 24.4 Å². The van der Waals surface area contributed by atoms with Gasteiger partial charge in [-0.2, -0.15) is 5.10 Å². The standard InChI is InChI=1S/C28H29N5O3S/c1-18-8-7-11-24(36-3)25(18)31-26(34)23-17-37-27(30-23)20-12-14-32(15-13-20)28(35)22-16-29-33(19(22)2)21-9-5-4-6-10-21/h4-11,16-17,20H,12-15H2,1-3H3,(H,31,34). The highest BCUT2D eigenvalue weighted by Crippen LogP contribution is 2.32. The van der Waals surface area contributed by atoms with E-state index < -0.39 is 0 Å². The van der Waals surface area contributed by atoms with Crippen molar-refractivity contribution in [3.63, 3.8) is 0 Å². The van der Waals surface area contributed by atoms with E-state index in [1.807, 2.05) is 67.3 Å². The Morgan fingerprint density at radius 1 is 1.05 bits per heavy atom. The molecule has 0 spiro atoms. The third-order valence-electron chi connectivity index (χ3n) is 6.82. The van der Waals surface area contributed by atoms with Crippen molar-refractivity contribution in [1.82, 2.24) is 19.7 Å². The minimum Gasteiger partial charge on any atom is -0.495 e. The van der Waals surface area contributed by atoms with Crippen LogP contribution in [0.5, 0.6) is 5.75 Å². The number of piperidine rings is 1. The van der Waals surface area contributed by atoms with E-state index >= 15 is 0 Å². The Balaban J connectivity index is 1.22. The van der Waals surface area contributed by atoms with Gasteiger partial charge in [0.2, 0.25) is 0 Å². The molecule has 1 aliphatic rings. The first-order chi connectivity index (χ1) is 18.0. The molecule has 2 amide bonds. The van der Waals surface area contributed by atoms with Crippen molar-refractivity contribution in [2.45, 2.75) is 32.6 Å². The predicted octanol–water partition coefficient (Wildman–Crippen LogP) is 5.23. The number of amides is 2. The molecule has 1 fully saturated rings. The first kappa shape index (κ1) is 24.7. The molecule has 0 radical (unpaired) electrons. The minimum absolute atomic E-state index is 0.00418. The molecular weight excluding hydrogens is 486 g/mol. The van der Waals surface area contributed by atoms with Gasteiger partial charge >= 0.3 is 0 Å². The lowest BCUT2D eigenvalue weighted by atomic mass is 9.97. The van der Waals surface area contributed by atoms with Gasteiger partial charge in [-0.15, -0.1) is 11.3 Å². The number of hydrogen-bond acceptors (Lipinski definition) is 6. The van der Waals surface area contributed by atoms with Gasteiger partial charge in [-0.3, -0.25) is 9.59 Å². The molecule has 0 aliphatic carbocycles. The number of benzene rings is 2. The SMILES string of the molecule is COc1cccc(C)c1NC(=O)c1csc(C2CCN(C(=O)c3cnn(-c4ccccc4)c3C)CC2)n1. The number of ether oxygens (including phenoxy) is 1. The molecule has 0 bridgehead atoms. The van der Waals surface area contributed by atoms with Gasteiger partial charge in [0.1, 0.15) is 11.4 Å². The third kappa shape index (κ3) is 4.99. The fourth-order valence-electron chi connectivity index (χ4n) is 4.68. The highest BCUT2D eigenvalue weighted by molar-refractivity contribution is 7.10. The molecule has 4 aromatic rings. The quantitative estimate of drug-likeness (QED) is 0.380. The number of methoxy groups -OCH3 is 1. The van der Waals surface area contributed by atoms with E-state index in [9.17, 15) is 9.59 Å². The summed E-state index contributed by atoms with van der Waals surface area (Å²) in [6, 6.07) is 15.4. The predicted molar refractivity (Wildman–Crippen MR) is 144 cm³/mol. The fourth-order valence-corrected chi connectivity index (χ4v) is 5.65. The Morgan fingerprint density at radius 3 is 2.54 bits per heavy atom. The molecule has 9 heteroatoms. The molecule has 8 nitrogen and oxygen atoms in total. The lowest BCUT2D eigenvalue weighted by Crippen LogP contribution is -2.38. The molecular formula is C28H29N5O3S. The summed E-state index contributed by atoms with van der Waals surface area (Å²) in [6.45, 7) is 5.13. The monoisotopic (exact) mass is 515 g/mol. The van der Waals surface area contributed by atoms with Gasteiger partial charge in [0.15, 0.2) is 0 Å². The van der Waals surface area contributed by atoms with Crippen molar-refractivity contribution >= 4 is 28.8 Å². The van der Waals surface area contributed by atoms with E-state index in [1.165, 1.54) is 11.3 Å². The molecule has 0 atom stereocenters. The molecule has 2 aromatic carbocycles. The molecule has 1 N–H and O–H groups in total. The van der Waals surface area contributed by atoms with Crippen molar-refractivity contribution in [3.8, 4) is 11.4 Å². The normalized spacial score (nSPS) is 14.0. The number of carbonyl (C=O) groups is 2. The number of aromatic nitrogens is 3. The van der Waals surface area contributed by atoms with Crippen molar-refractivity contribution in [3.05, 3.63) is 87.6 Å². The molecule has 1 saturated heterocycles. The summed E-state index contributed by atoms with van der Waals surface area (Å²) < 4.78 is 7.19. The number of anilines is 1. The van der Waals surface area contributed by atoms with Gasteiger partial charge in [-0.25, -0.2) is 9.67 Å². The van der Waals surface area contributed by atoms with Crippen LogP contribution in [-0.2, 0) is 0 Å². The second kappa shape index (κ2) is 10.6. The number of thiazole rings is 1. The molecule has 190 valence electrons. The van der Waals surface area contributed by atoms with Gasteiger partial charge in [0.05, 0.1) is 40.9 Å². The zero-order valence-corrected chi connectivity index (χ0v) is 21.9. The van der Waals surface area contributed by atoms with Gasteiger partial charge in [-0.1, -0.05) is 30.3 Å². The van der Waals surface area contributed by atoms with Crippen LogP contribution in [0.25, 0.3) is 5.69 Å². The zero-order valence-electron chi connectivity index (χ0n) is 21.1. The maximum absolute atomic E-state index is 13.3. The number of carbonyl (C=O) groups excluding carboxylic acids is 2. The first-order valence-electron chi connectivity index (χ1n) is 12.3. The lowest BCUT2D eigenvalue weighted by Gasteiger charge is -2.31. The van der Waals surface area contributed by atoms with Crippen molar-refractivity contribution in [2.24, 2.45) is 0 Å². The van der Waals surface area contributed by atoms with Crippen LogP contribution < -0.4 is 10.1 Å². The second-order valence-electron chi connectivity index (χ2n) is 9.13. The molecule has 0 unspecified atom stereocenters. The molecule has 3 heterocycles. The number of para-hydroxylation sites is 2. The van der Waals surface area contributed by atoms with Gasteiger partial charge < -0.3 is 15.0 Å². The van der Waals surface area contributed by atoms with E-state index in [4.69, 9.17) is 4.74 Å². The second-order valence-corrected chi connectivity index (χ2v) is 10.0. The largest absolute Gasteiger partial charge is 0.495 e. The van der Waals surface area contributed by atoms with Crippen LogP contribution in [0.1, 0.15) is 55.9 Å². The number of nitrogens with zero attached hydrogens (tertiary/aromatic N) is 4.